The molecule has 0 aromatic heterocycles. The van der Waals surface area contributed by atoms with Gasteiger partial charge < -0.3 is 15.7 Å². The lowest BCUT2D eigenvalue weighted by Gasteiger charge is -2.16. The Morgan fingerprint density at radius 2 is 2.06 bits per heavy atom. The monoisotopic (exact) mass is 246 g/mol. The maximum Gasteiger partial charge on any atom is 0.329 e. The van der Waals surface area contributed by atoms with Gasteiger partial charge in [0.1, 0.15) is 5.54 Å². The Morgan fingerprint density at radius 3 is 2.72 bits per heavy atom. The Hall–Kier alpha value is -2.04. The van der Waals surface area contributed by atoms with Gasteiger partial charge in [0.2, 0.25) is 5.91 Å². The summed E-state index contributed by atoms with van der Waals surface area (Å²) in [4.78, 5) is 23.2. The van der Waals surface area contributed by atoms with E-state index in [4.69, 9.17) is 5.11 Å². The quantitative estimate of drug-likeness (QED) is 0.741. The molecule has 1 atom stereocenters. The van der Waals surface area contributed by atoms with Crippen LogP contribution >= 0.6 is 0 Å². The van der Waals surface area contributed by atoms with Crippen molar-refractivity contribution in [1.29, 1.82) is 0 Å². The molecule has 0 radical (unpaired) electrons. The second-order valence-electron chi connectivity index (χ2n) is 4.90. The Bertz CT molecular complexity index is 523. The molecule has 5 nitrogen and oxygen atoms in total. The lowest BCUT2D eigenvalue weighted by molar-refractivity contribution is -0.143. The SMILES string of the molecule is O=C(NC1(C(=O)O)CC1)C1CNc2ccccc21. The predicted molar refractivity (Wildman–Crippen MR) is 65.4 cm³/mol. The summed E-state index contributed by atoms with van der Waals surface area (Å²) in [5.74, 6) is -1.43. The van der Waals surface area contributed by atoms with Crippen molar-refractivity contribution >= 4 is 17.6 Å². The summed E-state index contributed by atoms with van der Waals surface area (Å²) in [6.45, 7) is 0.529. The zero-order valence-electron chi connectivity index (χ0n) is 9.77. The molecule has 1 aromatic carbocycles. The fourth-order valence-electron chi connectivity index (χ4n) is 2.36. The van der Waals surface area contributed by atoms with E-state index < -0.39 is 11.5 Å². The van der Waals surface area contributed by atoms with Crippen molar-refractivity contribution in [3.05, 3.63) is 29.8 Å². The summed E-state index contributed by atoms with van der Waals surface area (Å²) in [6, 6.07) is 7.62. The maximum atomic E-state index is 12.2. The third-order valence-electron chi connectivity index (χ3n) is 3.67. The lowest BCUT2D eigenvalue weighted by atomic mass is 10.00. The molecule has 1 amide bonds. The number of carbonyl (C=O) groups is 2. The van der Waals surface area contributed by atoms with E-state index in [0.29, 0.717) is 19.4 Å². The maximum absolute atomic E-state index is 12.2. The molecular formula is C13H14N2O3. The molecule has 1 aliphatic carbocycles. The first-order valence-corrected chi connectivity index (χ1v) is 6.01. The van der Waals surface area contributed by atoms with Gasteiger partial charge >= 0.3 is 5.97 Å². The second-order valence-corrected chi connectivity index (χ2v) is 4.90. The number of hydrogen-bond donors (Lipinski definition) is 3. The second kappa shape index (κ2) is 3.73. The first-order valence-electron chi connectivity index (χ1n) is 6.01. The van der Waals surface area contributed by atoms with Crippen molar-refractivity contribution < 1.29 is 14.7 Å². The molecule has 3 rings (SSSR count). The summed E-state index contributed by atoms with van der Waals surface area (Å²) in [6.07, 6.45) is 1.05. The highest BCUT2D eigenvalue weighted by atomic mass is 16.4. The number of benzene rings is 1. The third-order valence-corrected chi connectivity index (χ3v) is 3.67. The number of para-hydroxylation sites is 1. The summed E-state index contributed by atoms with van der Waals surface area (Å²) in [5.41, 5.74) is 0.892. The van der Waals surface area contributed by atoms with Crippen LogP contribution in [-0.2, 0) is 9.59 Å². The van der Waals surface area contributed by atoms with Gasteiger partial charge in [-0.3, -0.25) is 4.79 Å². The van der Waals surface area contributed by atoms with E-state index in [0.717, 1.165) is 11.3 Å². The zero-order valence-corrected chi connectivity index (χ0v) is 9.77. The van der Waals surface area contributed by atoms with Gasteiger partial charge in [-0.15, -0.1) is 0 Å². The molecule has 1 aromatic rings. The van der Waals surface area contributed by atoms with Crippen LogP contribution in [0.15, 0.2) is 24.3 Å². The van der Waals surface area contributed by atoms with Crippen LogP contribution < -0.4 is 10.6 Å². The van der Waals surface area contributed by atoms with Gasteiger partial charge in [-0.2, -0.15) is 0 Å². The number of amides is 1. The average Bonchev–Trinajstić information content (AvgIpc) is 3.01. The van der Waals surface area contributed by atoms with E-state index in [-0.39, 0.29) is 11.8 Å². The van der Waals surface area contributed by atoms with Crippen LogP contribution in [0, 0.1) is 0 Å². The van der Waals surface area contributed by atoms with Gasteiger partial charge in [0, 0.05) is 12.2 Å². The summed E-state index contributed by atoms with van der Waals surface area (Å²) < 4.78 is 0. The van der Waals surface area contributed by atoms with Crippen LogP contribution in [0.2, 0.25) is 0 Å². The number of aliphatic carboxylic acids is 1. The van der Waals surface area contributed by atoms with Crippen LogP contribution in [0.25, 0.3) is 0 Å². The number of rotatable bonds is 3. The molecule has 1 fully saturated rings. The van der Waals surface area contributed by atoms with Crippen LogP contribution in [0.1, 0.15) is 24.3 Å². The average molecular weight is 246 g/mol. The van der Waals surface area contributed by atoms with Crippen molar-refractivity contribution in [2.45, 2.75) is 24.3 Å². The first kappa shape index (κ1) is 11.1. The number of carboxylic acids is 1. The number of nitrogens with one attached hydrogen (secondary N) is 2. The number of hydrogen-bond acceptors (Lipinski definition) is 3. The molecule has 1 heterocycles. The van der Waals surface area contributed by atoms with E-state index in [2.05, 4.69) is 10.6 Å². The van der Waals surface area contributed by atoms with Crippen molar-refractivity contribution in [1.82, 2.24) is 5.32 Å². The number of carbonyl (C=O) groups excluding carboxylic acids is 1. The van der Waals surface area contributed by atoms with Crippen LogP contribution in [0.4, 0.5) is 5.69 Å². The molecule has 18 heavy (non-hydrogen) atoms. The summed E-state index contributed by atoms with van der Waals surface area (Å²) >= 11 is 0. The summed E-state index contributed by atoms with van der Waals surface area (Å²) in [7, 11) is 0. The van der Waals surface area contributed by atoms with Crippen molar-refractivity contribution in [3.63, 3.8) is 0 Å². The normalized spacial score (nSPS) is 22.8. The molecule has 0 bridgehead atoms. The Balaban J connectivity index is 1.77. The fourth-order valence-corrected chi connectivity index (χ4v) is 2.36. The van der Waals surface area contributed by atoms with Gasteiger partial charge in [0.25, 0.3) is 0 Å². The van der Waals surface area contributed by atoms with Crippen LogP contribution in [-0.4, -0.2) is 29.1 Å². The standard InChI is InChI=1S/C13H14N2O3/c16-11(15-13(5-6-13)12(17)18)9-7-14-10-4-2-1-3-8(9)10/h1-4,9,14H,5-7H2,(H,15,16)(H,17,18). The van der Waals surface area contributed by atoms with Gasteiger partial charge in [-0.05, 0) is 24.5 Å². The molecule has 0 spiro atoms. The molecule has 1 aliphatic heterocycles. The fraction of sp³-hybridized carbons (Fsp3) is 0.385. The highest BCUT2D eigenvalue weighted by Gasteiger charge is 2.52. The van der Waals surface area contributed by atoms with Crippen LogP contribution in [0.3, 0.4) is 0 Å². The molecule has 3 N–H and O–H groups in total. The predicted octanol–water partition coefficient (Wildman–Crippen LogP) is 0.929. The number of fused-ring (bicyclic) bond motifs is 1. The largest absolute Gasteiger partial charge is 0.480 e. The van der Waals surface area contributed by atoms with E-state index in [1.54, 1.807) is 0 Å². The van der Waals surface area contributed by atoms with E-state index in [9.17, 15) is 9.59 Å². The number of anilines is 1. The molecular weight excluding hydrogens is 232 g/mol. The Labute approximate surface area is 104 Å². The van der Waals surface area contributed by atoms with E-state index in [1.165, 1.54) is 0 Å². The molecule has 0 saturated heterocycles. The van der Waals surface area contributed by atoms with Gasteiger partial charge in [0.05, 0.1) is 5.92 Å². The van der Waals surface area contributed by atoms with Crippen molar-refractivity contribution in [2.24, 2.45) is 0 Å². The number of carboxylic acid groups (broad SMARTS) is 1. The molecule has 5 heteroatoms. The molecule has 1 unspecified atom stereocenters. The first-order chi connectivity index (χ1) is 8.62. The molecule has 2 aliphatic rings. The smallest absolute Gasteiger partial charge is 0.329 e. The Kier molecular flexibility index (Phi) is 2.29. The minimum Gasteiger partial charge on any atom is -0.480 e. The van der Waals surface area contributed by atoms with Crippen molar-refractivity contribution in [3.8, 4) is 0 Å². The zero-order chi connectivity index (χ0) is 12.8. The van der Waals surface area contributed by atoms with Gasteiger partial charge in [0.15, 0.2) is 0 Å². The highest BCUT2D eigenvalue weighted by molar-refractivity contribution is 5.94. The minimum absolute atomic E-state index is 0.202. The minimum atomic E-state index is -1.01. The highest BCUT2D eigenvalue weighted by Crippen LogP contribution is 2.38. The van der Waals surface area contributed by atoms with Gasteiger partial charge in [-0.1, -0.05) is 18.2 Å². The molecule has 94 valence electrons. The molecule has 1 saturated carbocycles. The van der Waals surface area contributed by atoms with Crippen molar-refractivity contribution in [2.75, 3.05) is 11.9 Å². The Morgan fingerprint density at radius 1 is 1.33 bits per heavy atom. The van der Waals surface area contributed by atoms with Gasteiger partial charge in [-0.25, -0.2) is 4.79 Å². The third kappa shape index (κ3) is 1.63. The van der Waals surface area contributed by atoms with E-state index in [1.807, 2.05) is 24.3 Å². The van der Waals surface area contributed by atoms with E-state index >= 15 is 0 Å². The summed E-state index contributed by atoms with van der Waals surface area (Å²) in [5, 5.41) is 14.9. The lowest BCUT2D eigenvalue weighted by Crippen LogP contribution is -2.45. The topological polar surface area (TPSA) is 78.4 Å². The van der Waals surface area contributed by atoms with Crippen LogP contribution in [0.5, 0.6) is 0 Å².